The number of likely N-dealkylation sites (N-methyl/N-ethyl adjacent to an activating group) is 1. The first-order valence-corrected chi connectivity index (χ1v) is 14.4. The molecule has 9 nitrogen and oxygen atoms in total. The molecule has 2 aromatic carbocycles. The smallest absolute Gasteiger partial charge is 0.355 e. The number of aromatic nitrogens is 2. The van der Waals surface area contributed by atoms with Crippen LogP contribution in [0.5, 0.6) is 5.75 Å². The number of nitrogens with one attached hydrogen (secondary N) is 1. The van der Waals surface area contributed by atoms with Gasteiger partial charge in [0.05, 0.1) is 41.2 Å². The first-order chi connectivity index (χ1) is 21.2. The van der Waals surface area contributed by atoms with E-state index in [1.54, 1.807) is 68.0 Å². The number of carbonyl (C=O) groups is 3. The van der Waals surface area contributed by atoms with Gasteiger partial charge in [0.25, 0.3) is 0 Å². The van der Waals surface area contributed by atoms with Crippen molar-refractivity contribution in [2.45, 2.75) is 32.9 Å². The molecule has 11 heteroatoms. The summed E-state index contributed by atoms with van der Waals surface area (Å²) in [7, 11) is 1.66. The molecule has 0 saturated carbocycles. The minimum absolute atomic E-state index is 0.00813. The van der Waals surface area contributed by atoms with Crippen LogP contribution in [-0.4, -0.2) is 47.0 Å². The predicted octanol–water partition coefficient (Wildman–Crippen LogP) is 6.38. The van der Waals surface area contributed by atoms with Gasteiger partial charge in [-0.1, -0.05) is 29.8 Å². The van der Waals surface area contributed by atoms with E-state index in [1.807, 2.05) is 0 Å². The fourth-order valence-electron chi connectivity index (χ4n) is 5.34. The largest absolute Gasteiger partial charge is 0.463 e. The molecular formula is C33H27ClFN3O6. The number of rotatable bonds is 8. The maximum atomic E-state index is 15.4. The summed E-state index contributed by atoms with van der Waals surface area (Å²) in [4.78, 5) is 43.6. The Balaban J connectivity index is 1.55. The summed E-state index contributed by atoms with van der Waals surface area (Å²) in [6, 6.07) is 9.11. The molecule has 1 N–H and O–H groups in total. The van der Waals surface area contributed by atoms with Gasteiger partial charge in [-0.3, -0.25) is 4.79 Å². The fourth-order valence-corrected chi connectivity index (χ4v) is 5.55. The molecule has 6 rings (SSSR count). The lowest BCUT2D eigenvalue weighted by Crippen LogP contribution is -2.34. The number of esters is 2. The van der Waals surface area contributed by atoms with Gasteiger partial charge in [-0.2, -0.15) is 0 Å². The maximum absolute atomic E-state index is 15.4. The van der Waals surface area contributed by atoms with E-state index >= 15 is 4.39 Å². The Kier molecular flexibility index (Phi) is 7.79. The van der Waals surface area contributed by atoms with Gasteiger partial charge in [-0.25, -0.2) is 19.0 Å². The number of carbonyl (C=O) groups excluding carboxylic acids is 3. The second kappa shape index (κ2) is 11.7. The van der Waals surface area contributed by atoms with E-state index in [0.29, 0.717) is 44.3 Å². The van der Waals surface area contributed by atoms with Crippen molar-refractivity contribution in [1.29, 1.82) is 0 Å². The van der Waals surface area contributed by atoms with Crippen molar-refractivity contribution in [3.8, 4) is 5.75 Å². The Morgan fingerprint density at radius 1 is 1.23 bits per heavy atom. The van der Waals surface area contributed by atoms with Crippen LogP contribution in [0.2, 0.25) is 5.15 Å². The van der Waals surface area contributed by atoms with Crippen molar-refractivity contribution in [2.24, 2.45) is 0 Å². The number of ketones is 1. The SMILES string of the molecule is CCOC(=O)c1c(C2=CC=CCC2=O)c2c3occc3c(F)cc2n1Cc1cc2ccc(OC(=O)[C@@H](C)NC)cc2nc1Cl. The number of allylic oxidation sites excluding steroid dienone is 4. The van der Waals surface area contributed by atoms with E-state index in [0.717, 1.165) is 0 Å². The third-order valence-corrected chi connectivity index (χ3v) is 7.93. The molecule has 1 atom stereocenters. The van der Waals surface area contributed by atoms with Crippen LogP contribution < -0.4 is 10.1 Å². The van der Waals surface area contributed by atoms with Crippen molar-refractivity contribution in [1.82, 2.24) is 14.9 Å². The van der Waals surface area contributed by atoms with Crippen molar-refractivity contribution in [3.05, 3.63) is 88.7 Å². The van der Waals surface area contributed by atoms with Crippen LogP contribution >= 0.6 is 11.6 Å². The number of fused-ring (bicyclic) bond motifs is 4. The van der Waals surface area contributed by atoms with Gasteiger partial charge in [0.2, 0.25) is 0 Å². The van der Waals surface area contributed by atoms with Crippen LogP contribution in [-0.2, 0) is 20.9 Å². The second-order valence-electron chi connectivity index (χ2n) is 10.3. The molecule has 0 amide bonds. The highest BCUT2D eigenvalue weighted by atomic mass is 35.5. The lowest BCUT2D eigenvalue weighted by atomic mass is 9.93. The van der Waals surface area contributed by atoms with Crippen molar-refractivity contribution < 1.29 is 32.7 Å². The predicted molar refractivity (Wildman–Crippen MR) is 164 cm³/mol. The molecule has 0 bridgehead atoms. The van der Waals surface area contributed by atoms with Crippen LogP contribution in [0.15, 0.2) is 65.3 Å². The zero-order valence-corrected chi connectivity index (χ0v) is 24.8. The quantitative estimate of drug-likeness (QED) is 0.122. The third kappa shape index (κ3) is 5.06. The van der Waals surface area contributed by atoms with Gasteiger partial charge < -0.3 is 23.8 Å². The number of pyridine rings is 1. The normalized spacial score (nSPS) is 13.9. The van der Waals surface area contributed by atoms with Gasteiger partial charge in [-0.05, 0) is 51.2 Å². The Morgan fingerprint density at radius 2 is 2.05 bits per heavy atom. The summed E-state index contributed by atoms with van der Waals surface area (Å²) in [5.74, 6) is -1.58. The summed E-state index contributed by atoms with van der Waals surface area (Å²) in [6.45, 7) is 3.44. The minimum atomic E-state index is -0.686. The highest BCUT2D eigenvalue weighted by Gasteiger charge is 2.32. The minimum Gasteiger partial charge on any atom is -0.463 e. The summed E-state index contributed by atoms with van der Waals surface area (Å²) < 4.78 is 33.6. The first kappa shape index (κ1) is 29.3. The van der Waals surface area contributed by atoms with Crippen molar-refractivity contribution >= 4 is 67.7 Å². The molecule has 5 aromatic rings. The van der Waals surface area contributed by atoms with Gasteiger partial charge in [-0.15, -0.1) is 0 Å². The molecule has 1 aliphatic carbocycles. The summed E-state index contributed by atoms with van der Waals surface area (Å²) in [6.07, 6.45) is 6.62. The molecular weight excluding hydrogens is 589 g/mol. The summed E-state index contributed by atoms with van der Waals surface area (Å²) in [5, 5.41) is 4.28. The standard InChI is InChI=1S/C33H27ClFN3O6/c1-4-42-33(41)29-27(22-7-5-6-8-26(22)39)28-25(15-23(35)21-11-12-43-30(21)28)38(29)16-19-13-18-9-10-20(14-24(18)37-31(19)34)44-32(40)17(2)36-3/h5-7,9-15,17,36H,4,8,16H2,1-3H3/t17-/m1/s1. The Bertz CT molecular complexity index is 2060. The van der Waals surface area contributed by atoms with E-state index in [4.69, 9.17) is 25.5 Å². The molecule has 0 aliphatic heterocycles. The molecule has 224 valence electrons. The topological polar surface area (TPSA) is 113 Å². The molecule has 0 spiro atoms. The number of nitrogens with zero attached hydrogens (tertiary/aromatic N) is 2. The third-order valence-electron chi connectivity index (χ3n) is 7.61. The van der Waals surface area contributed by atoms with Gasteiger partial charge in [0, 0.05) is 34.6 Å². The Morgan fingerprint density at radius 3 is 2.80 bits per heavy atom. The van der Waals surface area contributed by atoms with Gasteiger partial charge >= 0.3 is 11.9 Å². The Labute approximate surface area is 255 Å². The highest BCUT2D eigenvalue weighted by molar-refractivity contribution is 6.31. The van der Waals surface area contributed by atoms with E-state index in [2.05, 4.69) is 10.3 Å². The number of hydrogen-bond acceptors (Lipinski definition) is 8. The van der Waals surface area contributed by atoms with Crippen LogP contribution in [0.3, 0.4) is 0 Å². The molecule has 0 saturated heterocycles. The average molecular weight is 616 g/mol. The van der Waals surface area contributed by atoms with Crippen LogP contribution in [0.25, 0.3) is 38.3 Å². The van der Waals surface area contributed by atoms with E-state index in [9.17, 15) is 14.4 Å². The van der Waals surface area contributed by atoms with Crippen molar-refractivity contribution in [2.75, 3.05) is 13.7 Å². The Hall–Kier alpha value is -4.80. The lowest BCUT2D eigenvalue weighted by Gasteiger charge is -2.15. The molecule has 0 unspecified atom stereocenters. The van der Waals surface area contributed by atoms with Crippen molar-refractivity contribution in [3.63, 3.8) is 0 Å². The molecule has 44 heavy (non-hydrogen) atoms. The monoisotopic (exact) mass is 615 g/mol. The van der Waals surface area contributed by atoms with E-state index in [1.165, 1.54) is 18.4 Å². The maximum Gasteiger partial charge on any atom is 0.355 e. The second-order valence-corrected chi connectivity index (χ2v) is 10.7. The number of ether oxygens (including phenoxy) is 2. The molecule has 0 radical (unpaired) electrons. The molecule has 0 fully saturated rings. The van der Waals surface area contributed by atoms with Crippen LogP contribution in [0, 0.1) is 5.82 Å². The van der Waals surface area contributed by atoms with E-state index in [-0.39, 0.29) is 47.2 Å². The molecule has 1 aliphatic rings. The van der Waals surface area contributed by atoms with Crippen LogP contribution in [0.1, 0.15) is 41.9 Å². The summed E-state index contributed by atoms with van der Waals surface area (Å²) in [5.41, 5.74) is 2.20. The number of benzene rings is 2. The lowest BCUT2D eigenvalue weighted by molar-refractivity contribution is -0.136. The highest BCUT2D eigenvalue weighted by Crippen LogP contribution is 2.41. The van der Waals surface area contributed by atoms with Crippen LogP contribution in [0.4, 0.5) is 4.39 Å². The number of hydrogen-bond donors (Lipinski definition) is 1. The van der Waals surface area contributed by atoms with Gasteiger partial charge in [0.1, 0.15) is 34.0 Å². The van der Waals surface area contributed by atoms with Gasteiger partial charge in [0.15, 0.2) is 5.78 Å². The zero-order chi connectivity index (χ0) is 31.1. The fraction of sp³-hybridized carbons (Fsp3) is 0.212. The number of furan rings is 1. The number of halogens is 2. The summed E-state index contributed by atoms with van der Waals surface area (Å²) >= 11 is 6.69. The zero-order valence-electron chi connectivity index (χ0n) is 24.1. The number of Topliss-reactive ketones (excluding diaryl/α,β-unsaturated/α-hetero) is 1. The molecule has 3 heterocycles. The molecule has 3 aromatic heterocycles. The first-order valence-electron chi connectivity index (χ1n) is 14.0. The average Bonchev–Trinajstić information content (AvgIpc) is 3.61. The van der Waals surface area contributed by atoms with E-state index < -0.39 is 23.8 Å².